The highest BCUT2D eigenvalue weighted by molar-refractivity contribution is 9.10. The number of methoxy groups -OCH3 is 1. The van der Waals surface area contributed by atoms with Crippen LogP contribution in [0.2, 0.25) is 0 Å². The minimum absolute atomic E-state index is 0.369. The average Bonchev–Trinajstić information content (AvgIpc) is 3.15. The molecule has 3 rings (SSSR count). The van der Waals surface area contributed by atoms with Gasteiger partial charge >= 0.3 is 0 Å². The van der Waals surface area contributed by atoms with E-state index in [2.05, 4.69) is 38.5 Å². The van der Waals surface area contributed by atoms with Gasteiger partial charge in [-0.15, -0.1) is 0 Å². The first-order chi connectivity index (χ1) is 14.1. The Morgan fingerprint density at radius 1 is 1.28 bits per heavy atom. The van der Waals surface area contributed by atoms with Crippen molar-refractivity contribution in [1.82, 2.24) is 9.97 Å². The van der Waals surface area contributed by atoms with Gasteiger partial charge in [-0.05, 0) is 42.8 Å². The summed E-state index contributed by atoms with van der Waals surface area (Å²) in [5.74, 6) is 2.39. The maximum atomic E-state index is 9.72. The SMILES string of the molecule is C=CCOc1cc(Br)c(/C=C(/C#N)c2nc3ccc(OC)cc3[nH]2)cc1OCC. The molecular weight excluding hydrogens is 434 g/mol. The summed E-state index contributed by atoms with van der Waals surface area (Å²) in [6.45, 7) is 6.42. The van der Waals surface area contributed by atoms with Crippen molar-refractivity contribution in [2.75, 3.05) is 20.3 Å². The Morgan fingerprint density at radius 2 is 2.07 bits per heavy atom. The van der Waals surface area contributed by atoms with Crippen molar-refractivity contribution in [2.24, 2.45) is 0 Å². The average molecular weight is 454 g/mol. The van der Waals surface area contributed by atoms with Gasteiger partial charge in [0.15, 0.2) is 11.5 Å². The molecule has 0 atom stereocenters. The quantitative estimate of drug-likeness (QED) is 0.366. The van der Waals surface area contributed by atoms with Gasteiger partial charge in [-0.2, -0.15) is 5.26 Å². The molecule has 0 fully saturated rings. The van der Waals surface area contributed by atoms with Gasteiger partial charge in [0, 0.05) is 10.5 Å². The normalized spacial score (nSPS) is 11.2. The van der Waals surface area contributed by atoms with Gasteiger partial charge in [-0.25, -0.2) is 4.98 Å². The number of aromatic nitrogens is 2. The molecule has 0 radical (unpaired) electrons. The molecule has 3 aromatic rings. The van der Waals surface area contributed by atoms with Crippen molar-refractivity contribution < 1.29 is 14.2 Å². The second-order valence-electron chi connectivity index (χ2n) is 5.99. The molecule has 1 heterocycles. The third-order valence-electron chi connectivity index (χ3n) is 4.08. The van der Waals surface area contributed by atoms with Crippen molar-refractivity contribution in [3.63, 3.8) is 0 Å². The first-order valence-electron chi connectivity index (χ1n) is 8.95. The van der Waals surface area contributed by atoms with Crippen LogP contribution in [0.5, 0.6) is 17.2 Å². The molecule has 1 N–H and O–H groups in total. The van der Waals surface area contributed by atoms with Crippen LogP contribution in [0.3, 0.4) is 0 Å². The van der Waals surface area contributed by atoms with Crippen molar-refractivity contribution in [2.45, 2.75) is 6.92 Å². The minimum Gasteiger partial charge on any atom is -0.497 e. The van der Waals surface area contributed by atoms with Crippen LogP contribution in [0.1, 0.15) is 18.3 Å². The minimum atomic E-state index is 0.369. The number of halogens is 1. The standard InChI is InChI=1S/C22H20BrN3O3/c1-4-8-29-21-12-17(23)14(10-20(21)28-5-2)9-15(13-24)22-25-18-7-6-16(27-3)11-19(18)26-22/h4,6-7,9-12H,1,5,8H2,2-3H3,(H,25,26)/b15-9-. The first-order valence-corrected chi connectivity index (χ1v) is 9.74. The van der Waals surface area contributed by atoms with Gasteiger partial charge in [0.2, 0.25) is 0 Å². The van der Waals surface area contributed by atoms with E-state index in [0.717, 1.165) is 26.8 Å². The van der Waals surface area contributed by atoms with Crippen LogP contribution in [0.15, 0.2) is 47.5 Å². The molecule has 0 amide bonds. The van der Waals surface area contributed by atoms with Gasteiger partial charge in [-0.1, -0.05) is 28.6 Å². The first kappa shape index (κ1) is 20.5. The van der Waals surface area contributed by atoms with E-state index in [0.29, 0.717) is 36.1 Å². The van der Waals surface area contributed by atoms with Crippen molar-refractivity contribution in [3.8, 4) is 23.3 Å². The van der Waals surface area contributed by atoms with Crippen LogP contribution in [-0.4, -0.2) is 30.3 Å². The van der Waals surface area contributed by atoms with E-state index in [1.165, 1.54) is 0 Å². The second-order valence-corrected chi connectivity index (χ2v) is 6.85. The van der Waals surface area contributed by atoms with E-state index in [1.807, 2.05) is 37.3 Å². The lowest BCUT2D eigenvalue weighted by molar-refractivity contribution is 0.296. The van der Waals surface area contributed by atoms with E-state index < -0.39 is 0 Å². The molecule has 7 heteroatoms. The van der Waals surface area contributed by atoms with E-state index >= 15 is 0 Å². The Hall–Kier alpha value is -3.24. The molecule has 29 heavy (non-hydrogen) atoms. The largest absolute Gasteiger partial charge is 0.497 e. The monoisotopic (exact) mass is 453 g/mol. The van der Waals surface area contributed by atoms with E-state index in [1.54, 1.807) is 19.3 Å². The number of benzene rings is 2. The second kappa shape index (κ2) is 9.30. The van der Waals surface area contributed by atoms with Gasteiger partial charge in [-0.3, -0.25) is 0 Å². The third-order valence-corrected chi connectivity index (χ3v) is 4.77. The van der Waals surface area contributed by atoms with Gasteiger partial charge in [0.1, 0.15) is 24.3 Å². The maximum Gasteiger partial charge on any atom is 0.162 e. The molecule has 0 aliphatic heterocycles. The number of allylic oxidation sites excluding steroid dienone is 1. The summed E-state index contributed by atoms with van der Waals surface area (Å²) >= 11 is 3.55. The number of rotatable bonds is 8. The summed E-state index contributed by atoms with van der Waals surface area (Å²) in [6, 6.07) is 11.4. The highest BCUT2D eigenvalue weighted by Crippen LogP contribution is 2.35. The summed E-state index contributed by atoms with van der Waals surface area (Å²) in [5.41, 5.74) is 2.71. The van der Waals surface area contributed by atoms with Crippen LogP contribution in [0.4, 0.5) is 0 Å². The topological polar surface area (TPSA) is 80.2 Å². The van der Waals surface area contributed by atoms with Gasteiger partial charge in [0.05, 0.1) is 30.3 Å². The van der Waals surface area contributed by atoms with Crippen LogP contribution in [-0.2, 0) is 0 Å². The highest BCUT2D eigenvalue weighted by Gasteiger charge is 2.13. The number of hydrogen-bond donors (Lipinski definition) is 1. The zero-order chi connectivity index (χ0) is 20.8. The smallest absolute Gasteiger partial charge is 0.162 e. The summed E-state index contributed by atoms with van der Waals surface area (Å²) in [5, 5.41) is 9.72. The van der Waals surface area contributed by atoms with Crippen LogP contribution in [0.25, 0.3) is 22.7 Å². The predicted octanol–water partition coefficient (Wildman–Crippen LogP) is 5.36. The van der Waals surface area contributed by atoms with Gasteiger partial charge < -0.3 is 19.2 Å². The van der Waals surface area contributed by atoms with Crippen molar-refractivity contribution in [1.29, 1.82) is 5.26 Å². The number of nitrogens with zero attached hydrogens (tertiary/aromatic N) is 2. The fourth-order valence-corrected chi connectivity index (χ4v) is 3.18. The van der Waals surface area contributed by atoms with Crippen molar-refractivity contribution in [3.05, 3.63) is 58.8 Å². The Bertz CT molecular complexity index is 1110. The Morgan fingerprint density at radius 3 is 2.76 bits per heavy atom. The molecule has 1 aromatic heterocycles. The van der Waals surface area contributed by atoms with Crippen LogP contribution in [0, 0.1) is 11.3 Å². The number of hydrogen-bond acceptors (Lipinski definition) is 5. The lowest BCUT2D eigenvalue weighted by Crippen LogP contribution is -1.99. The molecule has 0 unspecified atom stereocenters. The van der Waals surface area contributed by atoms with Gasteiger partial charge in [0.25, 0.3) is 0 Å². The summed E-state index contributed by atoms with van der Waals surface area (Å²) in [4.78, 5) is 7.69. The fourth-order valence-electron chi connectivity index (χ4n) is 2.74. The van der Waals surface area contributed by atoms with Crippen LogP contribution >= 0.6 is 15.9 Å². The number of imidazole rings is 1. The molecule has 6 nitrogen and oxygen atoms in total. The Kier molecular flexibility index (Phi) is 6.57. The molecule has 2 aromatic carbocycles. The summed E-state index contributed by atoms with van der Waals surface area (Å²) in [7, 11) is 1.61. The molecule has 0 saturated carbocycles. The predicted molar refractivity (Wildman–Crippen MR) is 117 cm³/mol. The van der Waals surface area contributed by atoms with Crippen molar-refractivity contribution >= 4 is 38.6 Å². The molecule has 0 aliphatic rings. The molecule has 0 spiro atoms. The molecular formula is C22H20BrN3O3. The number of fused-ring (bicyclic) bond motifs is 1. The number of nitriles is 1. The Balaban J connectivity index is 2.03. The number of ether oxygens (including phenoxy) is 3. The fraction of sp³-hybridized carbons (Fsp3) is 0.182. The number of H-pyrrole nitrogens is 1. The third kappa shape index (κ3) is 4.61. The molecule has 0 aliphatic carbocycles. The van der Waals surface area contributed by atoms with E-state index in [4.69, 9.17) is 14.2 Å². The number of nitrogens with one attached hydrogen (secondary N) is 1. The van der Waals surface area contributed by atoms with E-state index in [-0.39, 0.29) is 0 Å². The van der Waals surface area contributed by atoms with Crippen LogP contribution < -0.4 is 14.2 Å². The molecule has 148 valence electrons. The lowest BCUT2D eigenvalue weighted by atomic mass is 10.1. The molecule has 0 saturated heterocycles. The highest BCUT2D eigenvalue weighted by atomic mass is 79.9. The molecule has 0 bridgehead atoms. The Labute approximate surface area is 177 Å². The zero-order valence-corrected chi connectivity index (χ0v) is 17.7. The maximum absolute atomic E-state index is 9.72. The summed E-state index contributed by atoms with van der Waals surface area (Å²) < 4.78 is 17.4. The summed E-state index contributed by atoms with van der Waals surface area (Å²) in [6.07, 6.45) is 3.42. The van der Waals surface area contributed by atoms with E-state index in [9.17, 15) is 5.26 Å². The lowest BCUT2D eigenvalue weighted by Gasteiger charge is -2.13. The number of aromatic amines is 1. The zero-order valence-electron chi connectivity index (χ0n) is 16.2.